The third-order valence-corrected chi connectivity index (χ3v) is 64.5. The first-order valence-corrected chi connectivity index (χ1v) is 73.8. The van der Waals surface area contributed by atoms with Crippen LogP contribution in [0.25, 0.3) is 0 Å². The first-order chi connectivity index (χ1) is 65.4. The van der Waals surface area contributed by atoms with E-state index >= 15 is 4.57 Å². The summed E-state index contributed by atoms with van der Waals surface area (Å²) < 4.78 is 54.6. The molecule has 0 bridgehead atoms. The van der Waals surface area contributed by atoms with Crippen LogP contribution in [-0.2, 0) is 17.5 Å². The molecule has 0 rings (SSSR count). The van der Waals surface area contributed by atoms with Gasteiger partial charge in [-0.05, 0) is 0 Å². The second-order valence-corrected chi connectivity index (χ2v) is 66.4. The van der Waals surface area contributed by atoms with Crippen LogP contribution in [0.2, 0.25) is 0 Å². The molecule has 0 aromatic carbocycles. The van der Waals surface area contributed by atoms with Crippen molar-refractivity contribution in [3.05, 3.63) is 0 Å². The molecule has 134 heavy (non-hydrogen) atoms. The van der Waals surface area contributed by atoms with Crippen LogP contribution in [0.4, 0.5) is 0 Å². The van der Waals surface area contributed by atoms with E-state index in [4.69, 9.17) is 0 Å². The maximum atomic E-state index is 22.7. The van der Waals surface area contributed by atoms with Gasteiger partial charge in [0.15, 0.2) is 0 Å². The molecule has 0 unspecified atom stereocenters. The van der Waals surface area contributed by atoms with Gasteiger partial charge in [0.2, 0.25) is 0 Å². The Morgan fingerprint density at radius 2 is 0.216 bits per heavy atom. The zero-order valence-electron chi connectivity index (χ0n) is 97.2. The normalized spacial score (nSPS) is 14.1. The molecule has 0 amide bonds. The summed E-state index contributed by atoms with van der Waals surface area (Å²) >= 11 is 0. The van der Waals surface area contributed by atoms with Gasteiger partial charge in [-0.25, -0.2) is 0 Å². The molecule has 4 nitrogen and oxygen atoms in total. The van der Waals surface area contributed by atoms with E-state index in [0.29, 0.717) is 0 Å². The van der Waals surface area contributed by atoms with Gasteiger partial charge in [0.05, 0.1) is 0 Å². The molecule has 0 aliphatic heterocycles. The van der Waals surface area contributed by atoms with Crippen molar-refractivity contribution in [1.29, 1.82) is 0 Å². The van der Waals surface area contributed by atoms with E-state index < -0.39 is 28.3 Å². The topological polar surface area (TPSA) is 44.8 Å². The molecule has 0 aromatic heterocycles. The Morgan fingerprint density at radius 1 is 0.127 bits per heavy atom. The molecule has 0 aromatic rings. The van der Waals surface area contributed by atoms with Crippen molar-refractivity contribution in [3.63, 3.8) is 0 Å². The molecule has 812 valence electrons. The van der Waals surface area contributed by atoms with Crippen LogP contribution in [0.15, 0.2) is 0 Å². The van der Waals surface area contributed by atoms with Gasteiger partial charge in [-0.15, -0.1) is 0 Å². The minimum absolute atomic E-state index is 0.0935. The first-order valence-electron chi connectivity index (χ1n) is 64.2. The minimum atomic E-state index is -4.83. The molecule has 0 spiro atoms. The average Bonchev–Trinajstić information content (AvgIpc) is 0.670. The quantitative estimate of drug-likeness (QED) is 0.0450. The molecule has 0 saturated carbocycles. The molecule has 0 fully saturated rings. The van der Waals surface area contributed by atoms with Gasteiger partial charge in [0, 0.05) is 0 Å². The van der Waals surface area contributed by atoms with Crippen molar-refractivity contribution >= 4 is 28.3 Å². The van der Waals surface area contributed by atoms with Crippen molar-refractivity contribution in [1.82, 2.24) is 0 Å². The average molecular weight is 1970 g/mol. The fourth-order valence-corrected chi connectivity index (χ4v) is 61.3. The van der Waals surface area contributed by atoms with Crippen molar-refractivity contribution in [2.45, 2.75) is 756 Å². The van der Waals surface area contributed by atoms with Gasteiger partial charge in [0.1, 0.15) is 0 Å². The zero-order valence-corrected chi connectivity index (χ0v) is 101. The number of phosphoric acid groups is 1. The third kappa shape index (κ3) is 53.8. The van der Waals surface area contributed by atoms with E-state index in [2.05, 4.69) is 125 Å². The van der Waals surface area contributed by atoms with Crippen LogP contribution in [0.3, 0.4) is 0 Å². The predicted octanol–water partition coefficient (Wildman–Crippen LogP) is 49.6. The third-order valence-electron chi connectivity index (χ3n) is 35.5. The summed E-state index contributed by atoms with van der Waals surface area (Å²) in [4.78, 5) is 0. The van der Waals surface area contributed by atoms with Crippen LogP contribution in [-0.4, -0.2) is 70.9 Å². The van der Waals surface area contributed by atoms with Crippen LogP contribution in [0.1, 0.15) is 741 Å². The van der Waals surface area contributed by atoms with Crippen LogP contribution in [0, 0.1) is 0 Å². The van der Waals surface area contributed by atoms with E-state index in [-0.39, 0.29) is 15.5 Å². The summed E-state index contributed by atoms with van der Waals surface area (Å²) in [5.74, 6) is 0. The molecule has 0 atom stereocenters. The van der Waals surface area contributed by atoms with Gasteiger partial charge in [-0.3, -0.25) is 0 Å². The Morgan fingerprint density at radius 3 is 0.328 bits per heavy atom. The summed E-state index contributed by atoms with van der Waals surface area (Å²) in [6.45, 7) is 32.9. The monoisotopic (exact) mass is 1970 g/mol. The second-order valence-electron chi connectivity index (χ2n) is 46.9. The van der Waals surface area contributed by atoms with Crippen molar-refractivity contribution in [3.8, 4) is 0 Å². The van der Waals surface area contributed by atoms with Crippen LogP contribution >= 0.6 is 28.3 Å². The molecule has 0 heterocycles. The number of hydrogen-bond donors (Lipinski definition) is 0. The fourth-order valence-electron chi connectivity index (χ4n) is 26.8. The maximum absolute atomic E-state index is 22.7. The Balaban J connectivity index is 13.1. The van der Waals surface area contributed by atoms with E-state index in [9.17, 15) is 12.9 Å². The van der Waals surface area contributed by atoms with Gasteiger partial charge >= 0.3 is 858 Å². The van der Waals surface area contributed by atoms with Crippen molar-refractivity contribution < 1.29 is 17.5 Å². The van der Waals surface area contributed by atoms with Crippen molar-refractivity contribution in [2.24, 2.45) is 0 Å². The Kier molecular flexibility index (Phi) is 90.5. The molecule has 0 aliphatic carbocycles. The van der Waals surface area contributed by atoms with E-state index in [0.717, 1.165) is 55.5 Å². The molecule has 0 saturated heterocycles. The Labute approximate surface area is 852 Å². The van der Waals surface area contributed by atoms with Crippen molar-refractivity contribution in [2.75, 3.05) is 55.5 Å². The van der Waals surface area contributed by atoms with Crippen LogP contribution < -0.4 is 0 Å². The van der Waals surface area contributed by atoms with Gasteiger partial charge in [-0.1, -0.05) is 0 Å². The zero-order chi connectivity index (χ0) is 98.7. The summed E-state index contributed by atoms with van der Waals surface area (Å²) in [7, 11) is -4.83. The molecular formula is C126H264O4P4. The van der Waals surface area contributed by atoms with Gasteiger partial charge in [0.25, 0.3) is 0 Å². The van der Waals surface area contributed by atoms with E-state index in [1.54, 1.807) is 0 Å². The van der Waals surface area contributed by atoms with Gasteiger partial charge in [-0.2, -0.15) is 0 Å². The molecule has 8 heteroatoms. The number of unbranched alkanes of at least 4 members (excludes halogenated alkanes) is 69. The molecule has 0 aliphatic rings. The first kappa shape index (κ1) is 135. The molecule has 0 N–H and O–H groups in total. The summed E-state index contributed by atoms with van der Waals surface area (Å²) in [5, 5.41) is -0.281. The molecular weight excluding hydrogens is 1700 g/mol. The summed E-state index contributed by atoms with van der Waals surface area (Å²) in [6, 6.07) is 0. The second kappa shape index (κ2) is 89.6. The Bertz CT molecular complexity index is 2140. The molecule has 0 radical (unpaired) electrons. The van der Waals surface area contributed by atoms with E-state index in [1.807, 2.05) is 0 Å². The predicted molar refractivity (Wildman–Crippen MR) is 629 cm³/mol. The standard InChI is InChI=1S/C126H264O4P4/c1-19-37-55-67-76-85-97-109-124(106-94-82-64-46-28-10,110-98-86-77-68-56-38-20-2)132(115-49-31-13,116-50-32-14,121-103-91-73-61-43-25-7)128-131(127,129-133(117-51-33-15,118-52-34-16,122-104-92-74-62-44-26-8)125(107-95-83-65-47-29-11,111-99-87-78-69-57-39-21-3)112-100-88-79-70-58-40-22-4)130-134(119-53-35-17,120-54-36-18,123-105-93-75-63-45-27-9)126(108-96-84-66-48-30-12,113-101-89-80-71-59-41-23-5)114-102-90-81-72-60-42-24-6/h19-123H2,1-18H3. The number of rotatable bonds is 114. The summed E-state index contributed by atoms with van der Waals surface area (Å²) in [6.07, 6.45) is 135. The Hall–Kier alpha value is 1.40. The number of hydrogen-bond acceptors (Lipinski definition) is 4. The fraction of sp³-hybridized carbons (Fsp3) is 1.00. The SMILES string of the molecule is CCCCCCCCCC(CCCCCCC)(CCCCCCCCC)P(CCCC)(CCCC)(CCCCCCCC)OP(=O)(OP(CCCC)(CCCC)(CCCCCCCC)C(CCCCCCC)(CCCCCCCCC)CCCCCCCCC)OP(CCCC)(CCCC)(CCCCCCCC)C(CCCCCCC)(CCCCCCCCC)CCCCCCCCC. The van der Waals surface area contributed by atoms with E-state index in [1.165, 1.54) is 616 Å². The van der Waals surface area contributed by atoms with Crippen LogP contribution in [0.5, 0.6) is 0 Å². The summed E-state index contributed by atoms with van der Waals surface area (Å²) in [5.41, 5.74) is 0. The van der Waals surface area contributed by atoms with Gasteiger partial charge < -0.3 is 0 Å².